The second kappa shape index (κ2) is 7.98. The molecule has 105 valence electrons. The highest BCUT2D eigenvalue weighted by atomic mass is 35.5. The molecule has 0 aliphatic carbocycles. The van der Waals surface area contributed by atoms with Crippen LogP contribution in [0.5, 0.6) is 0 Å². The van der Waals surface area contributed by atoms with Gasteiger partial charge in [-0.25, -0.2) is 0 Å². The maximum Gasteiger partial charge on any atom is 0.0505 e. The van der Waals surface area contributed by atoms with Crippen LogP contribution in [0.3, 0.4) is 0 Å². The van der Waals surface area contributed by atoms with Crippen LogP contribution in [-0.2, 0) is 0 Å². The number of halogens is 1. The predicted molar refractivity (Wildman–Crippen MR) is 95.7 cm³/mol. The molecule has 2 aromatic rings. The summed E-state index contributed by atoms with van der Waals surface area (Å²) in [5, 5.41) is 3.70. The van der Waals surface area contributed by atoms with E-state index in [0.717, 1.165) is 17.6 Å². The third-order valence-corrected chi connectivity index (χ3v) is 10.2. The molecule has 0 nitrogen and oxygen atoms in total. The zero-order valence-electron chi connectivity index (χ0n) is 12.1. The van der Waals surface area contributed by atoms with E-state index < -0.39 is 0 Å². The largest absolute Gasteiger partial charge is 0.127 e. The van der Waals surface area contributed by atoms with Crippen LogP contribution in [0.25, 0.3) is 0 Å². The Morgan fingerprint density at radius 2 is 1.35 bits per heavy atom. The predicted octanol–water partition coefficient (Wildman–Crippen LogP) is 4.41. The minimum atomic E-state index is -0.384. The van der Waals surface area contributed by atoms with E-state index in [9.17, 15) is 0 Å². The number of benzene rings is 2. The number of rotatable bonds is 6. The smallest absolute Gasteiger partial charge is 0.0505 e. The van der Waals surface area contributed by atoms with Crippen LogP contribution in [0.4, 0.5) is 0 Å². The molecule has 0 fully saturated rings. The topological polar surface area (TPSA) is 0 Å². The molecule has 0 bridgehead atoms. The molecular formula is C17H21ClPSi. The normalized spacial score (nSPS) is 12.8. The third-order valence-electron chi connectivity index (χ3n) is 3.43. The van der Waals surface area contributed by atoms with Crippen molar-refractivity contribution in [2.45, 2.75) is 24.8 Å². The first-order valence-corrected chi connectivity index (χ1v) is 11.5. The fraction of sp³-hybridized carbons (Fsp3) is 0.294. The molecule has 0 aliphatic heterocycles. The van der Waals surface area contributed by atoms with Crippen LogP contribution in [0.2, 0.25) is 13.1 Å². The van der Waals surface area contributed by atoms with Gasteiger partial charge in [0.15, 0.2) is 0 Å². The van der Waals surface area contributed by atoms with Gasteiger partial charge in [0.25, 0.3) is 0 Å². The van der Waals surface area contributed by atoms with Crippen molar-refractivity contribution < 1.29 is 0 Å². The molecule has 1 atom stereocenters. The molecule has 0 aromatic heterocycles. The van der Waals surface area contributed by atoms with E-state index in [1.807, 2.05) is 0 Å². The van der Waals surface area contributed by atoms with Crippen LogP contribution in [0.1, 0.15) is 6.42 Å². The number of hydrogen-bond donors (Lipinski definition) is 0. The molecule has 1 unspecified atom stereocenters. The maximum atomic E-state index is 6.09. The summed E-state index contributed by atoms with van der Waals surface area (Å²) in [4.78, 5) is 0. The van der Waals surface area contributed by atoms with Gasteiger partial charge in [-0.05, 0) is 30.2 Å². The Morgan fingerprint density at radius 1 is 0.900 bits per heavy atom. The van der Waals surface area contributed by atoms with Crippen LogP contribution < -0.4 is 10.6 Å². The maximum absolute atomic E-state index is 6.09. The molecule has 1 radical (unpaired) electrons. The van der Waals surface area contributed by atoms with E-state index in [1.54, 1.807) is 0 Å². The summed E-state index contributed by atoms with van der Waals surface area (Å²) >= 11 is 6.09. The van der Waals surface area contributed by atoms with Gasteiger partial charge < -0.3 is 0 Å². The van der Waals surface area contributed by atoms with E-state index in [2.05, 4.69) is 73.8 Å². The minimum Gasteiger partial charge on any atom is -0.127 e. The van der Waals surface area contributed by atoms with E-state index in [4.69, 9.17) is 11.6 Å². The molecule has 3 heteroatoms. The molecule has 0 saturated carbocycles. The molecule has 20 heavy (non-hydrogen) atoms. The lowest BCUT2D eigenvalue weighted by Gasteiger charge is -2.30. The Kier molecular flexibility index (Phi) is 6.28. The lowest BCUT2D eigenvalue weighted by atomic mass is 10.4. The Balaban J connectivity index is 2.43. The SMILES string of the molecule is C[Si](C)C(CCCl)P(c1ccccc1)c1ccccc1. The van der Waals surface area contributed by atoms with Gasteiger partial charge in [-0.1, -0.05) is 73.8 Å². The molecule has 2 rings (SSSR count). The third kappa shape index (κ3) is 3.94. The van der Waals surface area contributed by atoms with Crippen molar-refractivity contribution in [3.63, 3.8) is 0 Å². The average Bonchev–Trinajstić information content (AvgIpc) is 2.49. The zero-order valence-corrected chi connectivity index (χ0v) is 14.7. The summed E-state index contributed by atoms with van der Waals surface area (Å²) in [7, 11) is -0.683. The Hall–Kier alpha value is -0.623. The monoisotopic (exact) mass is 319 g/mol. The number of alkyl halides is 1. The Labute approximate surface area is 130 Å². The second-order valence-corrected chi connectivity index (χ2v) is 11.2. The van der Waals surface area contributed by atoms with Gasteiger partial charge in [-0.3, -0.25) is 0 Å². The van der Waals surface area contributed by atoms with E-state index in [-0.39, 0.29) is 16.7 Å². The van der Waals surface area contributed by atoms with Crippen molar-refractivity contribution in [1.29, 1.82) is 0 Å². The average molecular weight is 320 g/mol. The summed E-state index contributed by atoms with van der Waals surface area (Å²) < 4.78 is 0. The van der Waals surface area contributed by atoms with Crippen molar-refractivity contribution in [3.05, 3.63) is 60.7 Å². The van der Waals surface area contributed by atoms with Gasteiger partial charge in [-0.2, -0.15) is 0 Å². The zero-order chi connectivity index (χ0) is 14.4. The first kappa shape index (κ1) is 15.8. The van der Waals surface area contributed by atoms with Crippen molar-refractivity contribution >= 4 is 38.9 Å². The van der Waals surface area contributed by atoms with Crippen molar-refractivity contribution in [2.75, 3.05) is 5.88 Å². The highest BCUT2D eigenvalue weighted by Gasteiger charge is 2.27. The lowest BCUT2D eigenvalue weighted by Crippen LogP contribution is -2.31. The Morgan fingerprint density at radius 3 is 1.70 bits per heavy atom. The van der Waals surface area contributed by atoms with Gasteiger partial charge in [-0.15, -0.1) is 11.6 Å². The van der Waals surface area contributed by atoms with Crippen molar-refractivity contribution in [3.8, 4) is 0 Å². The standard InChI is InChI=1S/C17H21ClPSi/c1-20(2)17(13-14-18)19(15-9-5-3-6-10-15)16-11-7-4-8-12-16/h3-12,17H,13-14H2,1-2H3. The van der Waals surface area contributed by atoms with Crippen LogP contribution in [-0.4, -0.2) is 20.0 Å². The Bertz CT molecular complexity index is 461. The highest BCUT2D eigenvalue weighted by molar-refractivity contribution is 7.75. The molecule has 0 aliphatic rings. The van der Waals surface area contributed by atoms with E-state index in [0.29, 0.717) is 0 Å². The minimum absolute atomic E-state index is 0.299. The molecule has 0 saturated heterocycles. The summed E-state index contributed by atoms with van der Waals surface area (Å²) in [5.74, 6) is 0.763. The second-order valence-electron chi connectivity index (χ2n) is 5.11. The van der Waals surface area contributed by atoms with E-state index in [1.165, 1.54) is 10.6 Å². The molecule has 0 spiro atoms. The quantitative estimate of drug-likeness (QED) is 0.420. The summed E-state index contributed by atoms with van der Waals surface area (Å²) in [6.45, 7) is 4.84. The van der Waals surface area contributed by atoms with Gasteiger partial charge in [0.1, 0.15) is 0 Å². The van der Waals surface area contributed by atoms with Gasteiger partial charge >= 0.3 is 0 Å². The lowest BCUT2D eigenvalue weighted by molar-refractivity contribution is 1.03. The molecule has 0 amide bonds. The number of hydrogen-bond acceptors (Lipinski definition) is 0. The first-order chi connectivity index (χ1) is 9.74. The molecular weight excluding hydrogens is 299 g/mol. The summed E-state index contributed by atoms with van der Waals surface area (Å²) in [6.07, 6.45) is 1.12. The molecule has 0 N–H and O–H groups in total. The van der Waals surface area contributed by atoms with Gasteiger partial charge in [0.05, 0.1) is 8.80 Å². The van der Waals surface area contributed by atoms with Crippen LogP contribution >= 0.6 is 19.5 Å². The molecule has 2 aromatic carbocycles. The van der Waals surface area contributed by atoms with Gasteiger partial charge in [0, 0.05) is 5.88 Å². The van der Waals surface area contributed by atoms with E-state index >= 15 is 0 Å². The molecule has 0 heterocycles. The summed E-state index contributed by atoms with van der Waals surface area (Å²) in [5.41, 5.74) is 0. The van der Waals surface area contributed by atoms with Crippen LogP contribution in [0, 0.1) is 0 Å². The fourth-order valence-corrected chi connectivity index (χ4v) is 9.09. The van der Waals surface area contributed by atoms with Crippen molar-refractivity contribution in [2.24, 2.45) is 0 Å². The van der Waals surface area contributed by atoms with Gasteiger partial charge in [0.2, 0.25) is 0 Å². The summed E-state index contributed by atoms with van der Waals surface area (Å²) in [6, 6.07) is 22.0. The first-order valence-electron chi connectivity index (χ1n) is 6.99. The van der Waals surface area contributed by atoms with Crippen LogP contribution in [0.15, 0.2) is 60.7 Å². The van der Waals surface area contributed by atoms with Crippen molar-refractivity contribution in [1.82, 2.24) is 0 Å². The fourth-order valence-electron chi connectivity index (χ4n) is 2.47. The highest BCUT2D eigenvalue weighted by Crippen LogP contribution is 2.42.